The summed E-state index contributed by atoms with van der Waals surface area (Å²) in [7, 11) is 0. The number of carboxylic acids is 1. The van der Waals surface area contributed by atoms with Gasteiger partial charge in [-0.1, -0.05) is 18.2 Å². The summed E-state index contributed by atoms with van der Waals surface area (Å²) in [5.41, 5.74) is 1.09. The van der Waals surface area contributed by atoms with E-state index in [-0.39, 0.29) is 5.56 Å². The summed E-state index contributed by atoms with van der Waals surface area (Å²) in [5.74, 6) is -0.112. The first-order valence-corrected chi connectivity index (χ1v) is 6.90. The van der Waals surface area contributed by atoms with Gasteiger partial charge in [0.05, 0.1) is 5.56 Å². The van der Waals surface area contributed by atoms with Crippen LogP contribution in [0.15, 0.2) is 53.0 Å². The average molecular weight is 336 g/mol. The van der Waals surface area contributed by atoms with E-state index in [2.05, 4.69) is 21.2 Å². The van der Waals surface area contributed by atoms with Crippen molar-refractivity contribution in [2.24, 2.45) is 0 Å². The van der Waals surface area contributed by atoms with Gasteiger partial charge >= 0.3 is 5.97 Å². The predicted molar refractivity (Wildman–Crippen MR) is 81.5 cm³/mol. The molecule has 0 aromatic heterocycles. The highest BCUT2D eigenvalue weighted by Gasteiger charge is 2.06. The predicted octanol–water partition coefficient (Wildman–Crippen LogP) is 3.64. The molecule has 0 saturated heterocycles. The monoisotopic (exact) mass is 335 g/mol. The van der Waals surface area contributed by atoms with Gasteiger partial charge in [-0.3, -0.25) is 0 Å². The number of benzene rings is 2. The van der Waals surface area contributed by atoms with Crippen molar-refractivity contribution in [3.8, 4) is 5.75 Å². The van der Waals surface area contributed by atoms with E-state index in [4.69, 9.17) is 9.84 Å². The van der Waals surface area contributed by atoms with E-state index < -0.39 is 5.97 Å². The summed E-state index contributed by atoms with van der Waals surface area (Å²) < 4.78 is 6.28. The summed E-state index contributed by atoms with van der Waals surface area (Å²) in [5, 5.41) is 12.1. The maximum absolute atomic E-state index is 10.8. The fourth-order valence-electron chi connectivity index (χ4n) is 1.66. The van der Waals surface area contributed by atoms with Gasteiger partial charge in [0.15, 0.2) is 0 Å². The second-order valence-corrected chi connectivity index (χ2v) is 4.94. The molecule has 0 aliphatic carbocycles. The molecular weight excluding hydrogens is 322 g/mol. The largest absolute Gasteiger partial charge is 0.492 e. The Morgan fingerprint density at radius 2 is 1.95 bits per heavy atom. The molecule has 2 N–H and O–H groups in total. The minimum atomic E-state index is -0.940. The fraction of sp³-hybridized carbons (Fsp3) is 0.133. The maximum atomic E-state index is 10.8. The Balaban J connectivity index is 1.84. The van der Waals surface area contributed by atoms with Crippen molar-refractivity contribution < 1.29 is 14.6 Å². The van der Waals surface area contributed by atoms with Gasteiger partial charge in [0, 0.05) is 16.7 Å². The zero-order valence-electron chi connectivity index (χ0n) is 10.7. The topological polar surface area (TPSA) is 58.6 Å². The number of rotatable bonds is 6. The summed E-state index contributed by atoms with van der Waals surface area (Å²) in [6.45, 7) is 1.15. The van der Waals surface area contributed by atoms with E-state index in [1.54, 1.807) is 18.2 Å². The van der Waals surface area contributed by atoms with Gasteiger partial charge in [0.1, 0.15) is 12.4 Å². The second kappa shape index (κ2) is 6.96. The van der Waals surface area contributed by atoms with Crippen LogP contribution < -0.4 is 10.1 Å². The third-order valence-electron chi connectivity index (χ3n) is 2.65. The lowest BCUT2D eigenvalue weighted by Gasteiger charge is -2.10. The first kappa shape index (κ1) is 14.4. The lowest BCUT2D eigenvalue weighted by molar-refractivity contribution is 0.0697. The van der Waals surface area contributed by atoms with Crippen molar-refractivity contribution in [1.82, 2.24) is 0 Å². The fourth-order valence-corrected chi connectivity index (χ4v) is 2.18. The molecule has 0 saturated carbocycles. The molecule has 0 aliphatic rings. The van der Waals surface area contributed by atoms with Crippen LogP contribution in [0.25, 0.3) is 0 Å². The van der Waals surface area contributed by atoms with Crippen LogP contribution in [0.5, 0.6) is 5.75 Å². The van der Waals surface area contributed by atoms with Crippen molar-refractivity contribution in [2.45, 2.75) is 0 Å². The van der Waals surface area contributed by atoms with E-state index in [0.29, 0.717) is 13.2 Å². The number of hydrogen-bond acceptors (Lipinski definition) is 3. The Hall–Kier alpha value is -2.01. The minimum absolute atomic E-state index is 0.253. The van der Waals surface area contributed by atoms with Gasteiger partial charge in [-0.25, -0.2) is 4.79 Å². The number of anilines is 1. The van der Waals surface area contributed by atoms with Crippen LogP contribution in [0.4, 0.5) is 5.69 Å². The Kier molecular flexibility index (Phi) is 5.01. The van der Waals surface area contributed by atoms with Gasteiger partial charge < -0.3 is 15.2 Å². The SMILES string of the molecule is O=C(O)c1ccc(NCCOc2ccccc2)c(Br)c1. The molecule has 0 heterocycles. The molecule has 0 atom stereocenters. The van der Waals surface area contributed by atoms with Crippen LogP contribution in [0.2, 0.25) is 0 Å². The number of aromatic carboxylic acids is 1. The lowest BCUT2D eigenvalue weighted by atomic mass is 10.2. The number of carbonyl (C=O) groups is 1. The van der Waals surface area contributed by atoms with Gasteiger partial charge in [0.2, 0.25) is 0 Å². The number of nitrogens with one attached hydrogen (secondary N) is 1. The molecule has 2 aromatic carbocycles. The third kappa shape index (κ3) is 3.99. The highest BCUT2D eigenvalue weighted by atomic mass is 79.9. The van der Waals surface area contributed by atoms with Crippen LogP contribution in [-0.4, -0.2) is 24.2 Å². The Labute approximate surface area is 125 Å². The van der Waals surface area contributed by atoms with E-state index in [1.165, 1.54) is 0 Å². The molecule has 2 aromatic rings. The number of carboxylic acid groups (broad SMARTS) is 1. The maximum Gasteiger partial charge on any atom is 0.335 e. The van der Waals surface area contributed by atoms with Gasteiger partial charge in [-0.15, -0.1) is 0 Å². The number of ether oxygens (including phenoxy) is 1. The highest BCUT2D eigenvalue weighted by Crippen LogP contribution is 2.23. The molecule has 0 unspecified atom stereocenters. The quantitative estimate of drug-likeness (QED) is 0.791. The van der Waals surface area contributed by atoms with Gasteiger partial charge in [0.25, 0.3) is 0 Å². The van der Waals surface area contributed by atoms with Crippen LogP contribution in [0.3, 0.4) is 0 Å². The molecule has 104 valence electrons. The molecule has 5 heteroatoms. The zero-order valence-corrected chi connectivity index (χ0v) is 12.3. The number of halogens is 1. The standard InChI is InChI=1S/C15H14BrNO3/c16-13-10-11(15(18)19)6-7-14(13)17-8-9-20-12-4-2-1-3-5-12/h1-7,10,17H,8-9H2,(H,18,19). The van der Waals surface area contributed by atoms with Crippen molar-refractivity contribution in [1.29, 1.82) is 0 Å². The summed E-state index contributed by atoms with van der Waals surface area (Å²) in [6.07, 6.45) is 0. The van der Waals surface area contributed by atoms with Crippen LogP contribution in [0.1, 0.15) is 10.4 Å². The lowest BCUT2D eigenvalue weighted by Crippen LogP contribution is -2.12. The van der Waals surface area contributed by atoms with Crippen molar-refractivity contribution in [3.63, 3.8) is 0 Å². The Bertz CT molecular complexity index is 587. The van der Waals surface area contributed by atoms with Gasteiger partial charge in [-0.2, -0.15) is 0 Å². The third-order valence-corrected chi connectivity index (χ3v) is 3.30. The van der Waals surface area contributed by atoms with Crippen molar-refractivity contribution in [3.05, 3.63) is 58.6 Å². The van der Waals surface area contributed by atoms with Crippen molar-refractivity contribution >= 4 is 27.6 Å². The Morgan fingerprint density at radius 1 is 1.20 bits per heavy atom. The summed E-state index contributed by atoms with van der Waals surface area (Å²) in [6, 6.07) is 14.4. The Morgan fingerprint density at radius 3 is 2.60 bits per heavy atom. The molecular formula is C15H14BrNO3. The second-order valence-electron chi connectivity index (χ2n) is 4.09. The molecule has 0 amide bonds. The molecule has 0 bridgehead atoms. The van der Waals surface area contributed by atoms with Gasteiger partial charge in [-0.05, 0) is 46.3 Å². The summed E-state index contributed by atoms with van der Waals surface area (Å²) >= 11 is 3.35. The molecule has 0 radical (unpaired) electrons. The van der Waals surface area contributed by atoms with Crippen LogP contribution in [0, 0.1) is 0 Å². The van der Waals surface area contributed by atoms with E-state index in [0.717, 1.165) is 15.9 Å². The first-order valence-electron chi connectivity index (χ1n) is 6.11. The molecule has 4 nitrogen and oxygen atoms in total. The van der Waals surface area contributed by atoms with E-state index in [9.17, 15) is 4.79 Å². The molecule has 0 aliphatic heterocycles. The van der Waals surface area contributed by atoms with Crippen LogP contribution >= 0.6 is 15.9 Å². The van der Waals surface area contributed by atoms with E-state index in [1.807, 2.05) is 30.3 Å². The molecule has 0 spiro atoms. The smallest absolute Gasteiger partial charge is 0.335 e. The number of para-hydroxylation sites is 1. The average Bonchev–Trinajstić information content (AvgIpc) is 2.46. The normalized spacial score (nSPS) is 10.1. The zero-order chi connectivity index (χ0) is 14.4. The van der Waals surface area contributed by atoms with E-state index >= 15 is 0 Å². The molecule has 20 heavy (non-hydrogen) atoms. The first-order chi connectivity index (χ1) is 9.66. The molecule has 2 rings (SSSR count). The number of hydrogen-bond donors (Lipinski definition) is 2. The molecule has 0 fully saturated rings. The highest BCUT2D eigenvalue weighted by molar-refractivity contribution is 9.10. The van der Waals surface area contributed by atoms with Crippen molar-refractivity contribution in [2.75, 3.05) is 18.5 Å². The summed E-state index contributed by atoms with van der Waals surface area (Å²) in [4.78, 5) is 10.8. The van der Waals surface area contributed by atoms with Crippen LogP contribution in [-0.2, 0) is 0 Å². The minimum Gasteiger partial charge on any atom is -0.492 e.